The van der Waals surface area contributed by atoms with E-state index in [1.165, 1.54) is 12.0 Å². The fourth-order valence-electron chi connectivity index (χ4n) is 4.05. The van der Waals surface area contributed by atoms with Crippen molar-refractivity contribution in [3.05, 3.63) is 64.7 Å². The molecule has 7 nitrogen and oxygen atoms in total. The molecule has 0 saturated carbocycles. The zero-order valence-corrected chi connectivity index (χ0v) is 21.3. The summed E-state index contributed by atoms with van der Waals surface area (Å²) in [7, 11) is 1.54. The fraction of sp³-hybridized carbons (Fsp3) is 0.429. The Labute approximate surface area is 207 Å². The number of rotatable bonds is 10. The molecule has 1 N–H and O–H groups in total. The lowest BCUT2D eigenvalue weighted by atomic mass is 9.94. The summed E-state index contributed by atoms with van der Waals surface area (Å²) in [6, 6.07) is 11.7. The van der Waals surface area contributed by atoms with E-state index in [2.05, 4.69) is 13.8 Å². The fourth-order valence-corrected chi connectivity index (χ4v) is 4.05. The summed E-state index contributed by atoms with van der Waals surface area (Å²) in [6.45, 7) is 10.9. The lowest BCUT2D eigenvalue weighted by Gasteiger charge is -2.25. The van der Waals surface area contributed by atoms with Crippen LogP contribution in [-0.2, 0) is 14.3 Å². The third kappa shape index (κ3) is 6.03. The molecule has 1 fully saturated rings. The van der Waals surface area contributed by atoms with Gasteiger partial charge in [-0.05, 0) is 68.1 Å². The predicted octanol–water partition coefficient (Wildman–Crippen LogP) is 4.89. The summed E-state index contributed by atoms with van der Waals surface area (Å²) in [5, 5.41) is 11.3. The van der Waals surface area contributed by atoms with Crippen LogP contribution >= 0.6 is 0 Å². The van der Waals surface area contributed by atoms with Gasteiger partial charge in [0.15, 0.2) is 0 Å². The molecule has 1 aliphatic rings. The number of aliphatic hydroxyl groups is 1. The molecule has 1 atom stereocenters. The van der Waals surface area contributed by atoms with Crippen molar-refractivity contribution in [3.8, 4) is 11.5 Å². The summed E-state index contributed by atoms with van der Waals surface area (Å²) in [6.07, 6.45) is -0.0375. The van der Waals surface area contributed by atoms with E-state index in [1.54, 1.807) is 24.3 Å². The van der Waals surface area contributed by atoms with Crippen molar-refractivity contribution in [3.63, 3.8) is 0 Å². The Bertz CT molecular complexity index is 1100. The number of hydrogen-bond donors (Lipinski definition) is 1. The number of aliphatic hydroxyl groups excluding tert-OH is 1. The second kappa shape index (κ2) is 11.4. The highest BCUT2D eigenvalue weighted by molar-refractivity contribution is 6.46. The molecule has 0 spiro atoms. The monoisotopic (exact) mass is 481 g/mol. The first kappa shape index (κ1) is 26.3. The summed E-state index contributed by atoms with van der Waals surface area (Å²) >= 11 is 0. The van der Waals surface area contributed by atoms with Crippen LogP contribution in [0.1, 0.15) is 50.4 Å². The van der Waals surface area contributed by atoms with E-state index in [0.717, 1.165) is 5.56 Å². The van der Waals surface area contributed by atoms with Crippen molar-refractivity contribution in [1.82, 2.24) is 4.90 Å². The maximum Gasteiger partial charge on any atom is 0.295 e. The van der Waals surface area contributed by atoms with Gasteiger partial charge in [0.1, 0.15) is 17.3 Å². The van der Waals surface area contributed by atoms with Crippen LogP contribution in [0.2, 0.25) is 0 Å². The van der Waals surface area contributed by atoms with Gasteiger partial charge in [-0.25, -0.2) is 0 Å². The number of carbonyl (C=O) groups is 2. The molecule has 1 aliphatic heterocycles. The molecule has 3 rings (SSSR count). The second-order valence-electron chi connectivity index (χ2n) is 9.41. The number of amides is 1. The Morgan fingerprint density at radius 2 is 1.83 bits per heavy atom. The van der Waals surface area contributed by atoms with Gasteiger partial charge in [-0.15, -0.1) is 0 Å². The smallest absolute Gasteiger partial charge is 0.295 e. The Morgan fingerprint density at radius 3 is 2.46 bits per heavy atom. The van der Waals surface area contributed by atoms with Gasteiger partial charge >= 0.3 is 0 Å². The van der Waals surface area contributed by atoms with Crippen LogP contribution in [0, 0.1) is 12.8 Å². The van der Waals surface area contributed by atoms with Crippen LogP contribution in [0.25, 0.3) is 5.76 Å². The summed E-state index contributed by atoms with van der Waals surface area (Å²) in [5.41, 5.74) is 1.99. The van der Waals surface area contributed by atoms with E-state index >= 15 is 0 Å². The standard InChI is InChI=1S/C28H35NO6/c1-17(2)16-34-23-11-10-21(14-19(23)5)26(30)24-25(29(12-13-33-6)28(32)27(24)31)20-8-7-9-22(15-20)35-18(3)4/h7-11,14-15,17-18,25,30H,12-13,16H2,1-6H3/b26-24+. The Balaban J connectivity index is 2.09. The molecule has 7 heteroatoms. The minimum atomic E-state index is -0.766. The quantitative estimate of drug-likeness (QED) is 0.296. The molecule has 1 amide bonds. The number of ether oxygens (including phenoxy) is 3. The van der Waals surface area contributed by atoms with E-state index in [0.29, 0.717) is 35.2 Å². The number of nitrogens with zero attached hydrogens (tertiary/aromatic N) is 1. The maximum absolute atomic E-state index is 13.2. The summed E-state index contributed by atoms with van der Waals surface area (Å²) < 4.78 is 16.8. The Morgan fingerprint density at radius 1 is 1.09 bits per heavy atom. The number of hydrogen-bond acceptors (Lipinski definition) is 6. The summed E-state index contributed by atoms with van der Waals surface area (Å²) in [4.78, 5) is 27.6. The van der Waals surface area contributed by atoms with Gasteiger partial charge in [0.05, 0.1) is 30.9 Å². The zero-order valence-electron chi connectivity index (χ0n) is 21.3. The lowest BCUT2D eigenvalue weighted by molar-refractivity contribution is -0.140. The molecule has 0 aromatic heterocycles. The number of benzene rings is 2. The molecule has 1 unspecified atom stereocenters. The van der Waals surface area contributed by atoms with Gasteiger partial charge in [-0.1, -0.05) is 26.0 Å². The van der Waals surface area contributed by atoms with Crippen LogP contribution in [0.4, 0.5) is 0 Å². The van der Waals surface area contributed by atoms with Gasteiger partial charge in [0.2, 0.25) is 0 Å². The second-order valence-corrected chi connectivity index (χ2v) is 9.41. The van der Waals surface area contributed by atoms with Crippen molar-refractivity contribution >= 4 is 17.4 Å². The molecule has 188 valence electrons. The SMILES string of the molecule is COCCN1C(=O)C(=O)/C(=C(/O)c2ccc(OCC(C)C)c(C)c2)C1c1cccc(OC(C)C)c1. The van der Waals surface area contributed by atoms with E-state index in [4.69, 9.17) is 14.2 Å². The van der Waals surface area contributed by atoms with E-state index < -0.39 is 17.7 Å². The number of aryl methyl sites for hydroxylation is 1. The Kier molecular flexibility index (Phi) is 8.57. The van der Waals surface area contributed by atoms with Crippen LogP contribution in [0.5, 0.6) is 11.5 Å². The molecule has 0 bridgehead atoms. The molecule has 2 aromatic rings. The first-order valence-electron chi connectivity index (χ1n) is 11.9. The van der Waals surface area contributed by atoms with Gasteiger partial charge in [0, 0.05) is 19.2 Å². The molecular weight excluding hydrogens is 446 g/mol. The van der Waals surface area contributed by atoms with E-state index in [9.17, 15) is 14.7 Å². The number of methoxy groups -OCH3 is 1. The minimum absolute atomic E-state index is 0.0375. The van der Waals surface area contributed by atoms with Crippen LogP contribution < -0.4 is 9.47 Å². The molecule has 1 heterocycles. The van der Waals surface area contributed by atoms with Gasteiger partial charge in [-0.2, -0.15) is 0 Å². The van der Waals surface area contributed by atoms with Crippen molar-refractivity contribution in [2.45, 2.75) is 46.8 Å². The van der Waals surface area contributed by atoms with Crippen LogP contribution in [0.15, 0.2) is 48.0 Å². The minimum Gasteiger partial charge on any atom is -0.507 e. The number of ketones is 1. The lowest BCUT2D eigenvalue weighted by Crippen LogP contribution is -2.32. The van der Waals surface area contributed by atoms with Crippen LogP contribution in [-0.4, -0.2) is 54.7 Å². The maximum atomic E-state index is 13.2. The molecule has 2 aromatic carbocycles. The predicted molar refractivity (Wildman–Crippen MR) is 135 cm³/mol. The van der Waals surface area contributed by atoms with Crippen molar-refractivity contribution in [1.29, 1.82) is 0 Å². The van der Waals surface area contributed by atoms with Crippen LogP contribution in [0.3, 0.4) is 0 Å². The molecule has 0 radical (unpaired) electrons. The van der Waals surface area contributed by atoms with E-state index in [1.807, 2.05) is 39.0 Å². The number of Topliss-reactive ketones (excluding diaryl/α,β-unsaturated/α-hetero) is 1. The molecule has 0 aliphatic carbocycles. The van der Waals surface area contributed by atoms with Gasteiger partial charge < -0.3 is 24.2 Å². The normalized spacial score (nSPS) is 17.5. The Hall–Kier alpha value is -3.32. The third-order valence-corrected chi connectivity index (χ3v) is 5.64. The average molecular weight is 482 g/mol. The molecule has 35 heavy (non-hydrogen) atoms. The highest BCUT2D eigenvalue weighted by Crippen LogP contribution is 2.40. The number of likely N-dealkylation sites (tertiary alicyclic amines) is 1. The average Bonchev–Trinajstić information content (AvgIpc) is 3.06. The van der Waals surface area contributed by atoms with Gasteiger partial charge in [0.25, 0.3) is 11.7 Å². The third-order valence-electron chi connectivity index (χ3n) is 5.64. The van der Waals surface area contributed by atoms with Crippen molar-refractivity contribution in [2.24, 2.45) is 5.92 Å². The number of carbonyl (C=O) groups excluding carboxylic acids is 2. The highest BCUT2D eigenvalue weighted by Gasteiger charge is 2.46. The first-order chi connectivity index (χ1) is 16.6. The summed E-state index contributed by atoms with van der Waals surface area (Å²) in [5.74, 6) is 0.0973. The molecule has 1 saturated heterocycles. The zero-order chi connectivity index (χ0) is 25.7. The highest BCUT2D eigenvalue weighted by atomic mass is 16.5. The van der Waals surface area contributed by atoms with E-state index in [-0.39, 0.29) is 30.6 Å². The largest absolute Gasteiger partial charge is 0.507 e. The van der Waals surface area contributed by atoms with Gasteiger partial charge in [-0.3, -0.25) is 9.59 Å². The first-order valence-corrected chi connectivity index (χ1v) is 11.9. The van der Waals surface area contributed by atoms with Crippen molar-refractivity contribution < 1.29 is 28.9 Å². The topological polar surface area (TPSA) is 85.3 Å². The van der Waals surface area contributed by atoms with Crippen molar-refractivity contribution in [2.75, 3.05) is 26.9 Å². The molecular formula is C28H35NO6.